The minimum Gasteiger partial charge on any atom is -0.182 e. The third-order valence-electron chi connectivity index (χ3n) is 0.419. The van der Waals surface area contributed by atoms with E-state index in [1.54, 1.807) is 22.9 Å². The van der Waals surface area contributed by atoms with Crippen molar-refractivity contribution in [3.8, 4) is 0 Å². The van der Waals surface area contributed by atoms with Crippen LogP contribution in [-0.4, -0.2) is 22.9 Å². The maximum atomic E-state index is 3.88. The highest BCUT2D eigenvalue weighted by atomic mass is 32.1. The van der Waals surface area contributed by atoms with E-state index in [1.165, 1.54) is 0 Å². The predicted molar refractivity (Wildman–Crippen MR) is 33.5 cm³/mol. The van der Waals surface area contributed by atoms with Crippen molar-refractivity contribution < 1.29 is 0 Å². The van der Waals surface area contributed by atoms with E-state index in [4.69, 9.17) is 0 Å². The molecule has 0 N–H and O–H groups in total. The van der Waals surface area contributed by atoms with Gasteiger partial charge in [-0.3, -0.25) is 0 Å². The van der Waals surface area contributed by atoms with Crippen LogP contribution in [0, 0.1) is 0 Å². The third kappa shape index (κ3) is 2.84. The van der Waals surface area contributed by atoms with Gasteiger partial charge in [0, 0.05) is 14.1 Å². The monoisotopic (exact) mass is 124 g/mol. The number of hydrazine groups is 1. The van der Waals surface area contributed by atoms with Gasteiger partial charge in [0.25, 0.3) is 0 Å². The first-order valence-corrected chi connectivity index (χ1v) is 2.29. The fourth-order valence-electron chi connectivity index (χ4n) is 0. The highest BCUT2D eigenvalue weighted by molar-refractivity contribution is 7.80. The van der Waals surface area contributed by atoms with Crippen LogP contribution in [0.25, 0.3) is 0 Å². The molecule has 0 aliphatic heterocycles. The molecule has 0 unspecified atom stereocenters. The highest BCUT2D eigenvalue weighted by Crippen LogP contribution is 1.93. The van der Waals surface area contributed by atoms with Crippen LogP contribution in [0.5, 0.6) is 0 Å². The average molecular weight is 124 g/mol. The Balaban J connectivity index is 2.99. The molecule has 38 valence electrons. The quantitative estimate of drug-likeness (QED) is 0.387. The van der Waals surface area contributed by atoms with E-state index in [9.17, 15) is 0 Å². The predicted octanol–water partition coefficient (Wildman–Crippen LogP) is 0.455. The van der Waals surface area contributed by atoms with Crippen molar-refractivity contribution in [1.29, 1.82) is 0 Å². The van der Waals surface area contributed by atoms with Crippen molar-refractivity contribution in [1.82, 2.24) is 8.83 Å². The lowest BCUT2D eigenvalue weighted by molar-refractivity contribution is 0.296. The Kier molecular flexibility index (Phi) is 3.02. The molecule has 4 heteroatoms. The maximum Gasteiger partial charge on any atom is 0.0139 e. The minimum atomic E-state index is 1.56. The van der Waals surface area contributed by atoms with E-state index in [1.807, 2.05) is 0 Å². The molecule has 0 atom stereocenters. The molecule has 0 amide bonds. The summed E-state index contributed by atoms with van der Waals surface area (Å²) in [5.74, 6) is 0. The molecule has 6 heavy (non-hydrogen) atoms. The van der Waals surface area contributed by atoms with Crippen molar-refractivity contribution in [3.05, 3.63) is 0 Å². The van der Waals surface area contributed by atoms with Gasteiger partial charge in [-0.25, -0.2) is 0 Å². The van der Waals surface area contributed by atoms with Crippen molar-refractivity contribution in [2.75, 3.05) is 14.1 Å². The molecule has 0 aliphatic rings. The molecule has 0 spiro atoms. The lowest BCUT2D eigenvalue weighted by Gasteiger charge is -2.13. The van der Waals surface area contributed by atoms with Crippen LogP contribution in [0.3, 0.4) is 0 Å². The Morgan fingerprint density at radius 3 is 1.17 bits per heavy atom. The van der Waals surface area contributed by atoms with Crippen molar-refractivity contribution in [2.45, 2.75) is 0 Å². The lowest BCUT2D eigenvalue weighted by Crippen LogP contribution is -2.18. The zero-order chi connectivity index (χ0) is 5.15. The molecule has 0 radical (unpaired) electrons. The van der Waals surface area contributed by atoms with Crippen LogP contribution in [0.1, 0.15) is 0 Å². The van der Waals surface area contributed by atoms with Gasteiger partial charge in [-0.15, -0.1) is 0 Å². The number of hydrogen-bond donors (Lipinski definition) is 2. The van der Waals surface area contributed by atoms with Gasteiger partial charge >= 0.3 is 0 Å². The Morgan fingerprint density at radius 2 is 1.17 bits per heavy atom. The summed E-state index contributed by atoms with van der Waals surface area (Å²) in [6, 6.07) is 0. The molecule has 2 nitrogen and oxygen atoms in total. The first-order valence-electron chi connectivity index (χ1n) is 1.49. The molecular formula is C2H8N2S2. The van der Waals surface area contributed by atoms with Gasteiger partial charge in [0.05, 0.1) is 0 Å². The molecule has 0 aromatic rings. The largest absolute Gasteiger partial charge is 0.182 e. The maximum absolute atomic E-state index is 3.88. The lowest BCUT2D eigenvalue weighted by atomic mass is 11.4. The van der Waals surface area contributed by atoms with Crippen LogP contribution < -0.4 is 0 Å². The molecule has 0 saturated carbocycles. The standard InChI is InChI=1S/C2H8N2S2/c1-3(5)4(2)6/h5-6H,1-2H3. The van der Waals surface area contributed by atoms with E-state index in [-0.39, 0.29) is 0 Å². The van der Waals surface area contributed by atoms with Gasteiger partial charge < -0.3 is 0 Å². The second-order valence-electron chi connectivity index (χ2n) is 0.979. The van der Waals surface area contributed by atoms with Crippen LogP contribution >= 0.6 is 25.6 Å². The Bertz CT molecular complexity index is 30.5. The Morgan fingerprint density at radius 1 is 1.00 bits per heavy atom. The molecule has 0 aromatic heterocycles. The Labute approximate surface area is 49.2 Å². The first-order chi connectivity index (χ1) is 2.64. The zero-order valence-corrected chi connectivity index (χ0v) is 5.58. The molecule has 0 aromatic carbocycles. The van der Waals surface area contributed by atoms with Crippen LogP contribution in [0.2, 0.25) is 0 Å². The molecule has 0 rings (SSSR count). The summed E-state index contributed by atoms with van der Waals surface area (Å²) < 4.78 is 3.12. The van der Waals surface area contributed by atoms with E-state index in [0.717, 1.165) is 0 Å². The van der Waals surface area contributed by atoms with Gasteiger partial charge in [0.15, 0.2) is 0 Å². The molecule has 0 heterocycles. The Hall–Kier alpha value is 0.620. The van der Waals surface area contributed by atoms with E-state index < -0.39 is 0 Å². The topological polar surface area (TPSA) is 6.48 Å². The molecule has 0 saturated heterocycles. The SMILES string of the molecule is CN(S)N(C)S. The summed E-state index contributed by atoms with van der Waals surface area (Å²) in [5.41, 5.74) is 0. The van der Waals surface area contributed by atoms with Crippen LogP contribution in [-0.2, 0) is 0 Å². The van der Waals surface area contributed by atoms with Crippen LogP contribution in [0.4, 0.5) is 0 Å². The normalized spacial score (nSPS) is 11.0. The van der Waals surface area contributed by atoms with Gasteiger partial charge in [-0.1, -0.05) is 25.6 Å². The van der Waals surface area contributed by atoms with Gasteiger partial charge in [0.1, 0.15) is 0 Å². The second kappa shape index (κ2) is 2.74. The van der Waals surface area contributed by atoms with E-state index in [0.29, 0.717) is 0 Å². The number of thiol groups is 2. The van der Waals surface area contributed by atoms with Crippen molar-refractivity contribution in [2.24, 2.45) is 0 Å². The molecule has 0 aliphatic carbocycles. The number of rotatable bonds is 1. The fraction of sp³-hybridized carbons (Fsp3) is 1.00. The summed E-state index contributed by atoms with van der Waals surface area (Å²) in [4.78, 5) is 0. The van der Waals surface area contributed by atoms with Gasteiger partial charge in [0.2, 0.25) is 0 Å². The molecule has 0 bridgehead atoms. The van der Waals surface area contributed by atoms with Gasteiger partial charge in [-0.2, -0.15) is 8.83 Å². The summed E-state index contributed by atoms with van der Waals surface area (Å²) in [5, 5.41) is 0. The minimum absolute atomic E-state index is 1.56. The first kappa shape index (κ1) is 6.62. The highest BCUT2D eigenvalue weighted by Gasteiger charge is 1.87. The summed E-state index contributed by atoms with van der Waals surface area (Å²) in [7, 11) is 3.58. The van der Waals surface area contributed by atoms with Crippen molar-refractivity contribution >= 4 is 25.6 Å². The van der Waals surface area contributed by atoms with Crippen LogP contribution in [0.15, 0.2) is 0 Å². The third-order valence-corrected chi connectivity index (χ3v) is 1.10. The zero-order valence-electron chi connectivity index (χ0n) is 3.79. The molecular weight excluding hydrogens is 116 g/mol. The summed E-state index contributed by atoms with van der Waals surface area (Å²) >= 11 is 7.75. The number of hydrogen-bond acceptors (Lipinski definition) is 4. The van der Waals surface area contributed by atoms with E-state index >= 15 is 0 Å². The second-order valence-corrected chi connectivity index (χ2v) is 2.14. The fourth-order valence-corrected chi connectivity index (χ4v) is 0. The summed E-state index contributed by atoms with van der Waals surface area (Å²) in [6.07, 6.45) is 0. The smallest absolute Gasteiger partial charge is 0.0139 e. The van der Waals surface area contributed by atoms with Gasteiger partial charge in [-0.05, 0) is 0 Å². The summed E-state index contributed by atoms with van der Waals surface area (Å²) in [6.45, 7) is 0. The molecule has 0 fully saturated rings. The average Bonchev–Trinajstić information content (AvgIpc) is 1.36. The van der Waals surface area contributed by atoms with Crippen molar-refractivity contribution in [3.63, 3.8) is 0 Å². The van der Waals surface area contributed by atoms with E-state index in [2.05, 4.69) is 25.6 Å². The number of nitrogens with zero attached hydrogens (tertiary/aromatic N) is 2.